The minimum atomic E-state index is -5.08. The number of rotatable bonds is 4. The molecule has 0 atom stereocenters. The summed E-state index contributed by atoms with van der Waals surface area (Å²) < 4.78 is 72.8. The van der Waals surface area contributed by atoms with Gasteiger partial charge in [0.25, 0.3) is 5.56 Å². The van der Waals surface area contributed by atoms with Crippen LogP contribution in [0.4, 0.5) is 26.3 Å². The van der Waals surface area contributed by atoms with Gasteiger partial charge in [0.2, 0.25) is 0 Å². The van der Waals surface area contributed by atoms with E-state index in [4.69, 9.17) is 9.90 Å². The molecule has 0 aromatic carbocycles. The van der Waals surface area contributed by atoms with E-state index in [0.717, 1.165) is 41.3 Å². The first-order chi connectivity index (χ1) is 14.3. The third kappa shape index (κ3) is 6.05. The Hall–Kier alpha value is -2.44. The van der Waals surface area contributed by atoms with E-state index >= 15 is 0 Å². The van der Waals surface area contributed by atoms with E-state index in [9.17, 15) is 31.1 Å². The number of hydrogen-bond acceptors (Lipinski definition) is 4. The molecule has 0 unspecified atom stereocenters. The van der Waals surface area contributed by atoms with Crippen LogP contribution in [0.2, 0.25) is 0 Å². The molecule has 0 radical (unpaired) electrons. The Morgan fingerprint density at radius 2 is 1.87 bits per heavy atom. The number of thioether (sulfide) groups is 1. The van der Waals surface area contributed by atoms with E-state index in [1.165, 1.54) is 13.2 Å². The van der Waals surface area contributed by atoms with Gasteiger partial charge in [0.05, 0.1) is 5.69 Å². The number of aromatic amines is 1. The summed E-state index contributed by atoms with van der Waals surface area (Å²) in [5.74, 6) is -2.63. The molecule has 2 aromatic heterocycles. The number of aliphatic carboxylic acids is 1. The SMILES string of the molecule is CCc1cn(C)c(C(F)(F)F)c1CSc1nc2c(c(=O)[nH]1)CCC2.O=C(O)C(F)(F)F. The van der Waals surface area contributed by atoms with Crippen LogP contribution >= 0.6 is 11.8 Å². The van der Waals surface area contributed by atoms with Crippen molar-refractivity contribution in [2.24, 2.45) is 7.05 Å². The van der Waals surface area contributed by atoms with Crippen LogP contribution in [-0.2, 0) is 43.0 Å². The molecular formula is C18H19F6N3O3S. The molecule has 0 saturated carbocycles. The molecule has 0 spiro atoms. The molecule has 1 aliphatic rings. The summed E-state index contributed by atoms with van der Waals surface area (Å²) in [6.07, 6.45) is -5.07. The number of nitrogens with zero attached hydrogens (tertiary/aromatic N) is 2. The van der Waals surface area contributed by atoms with Gasteiger partial charge in [-0.2, -0.15) is 26.3 Å². The van der Waals surface area contributed by atoms with Gasteiger partial charge in [-0.05, 0) is 36.8 Å². The van der Waals surface area contributed by atoms with E-state index in [-0.39, 0.29) is 16.9 Å². The van der Waals surface area contributed by atoms with Crippen LogP contribution in [0.1, 0.15) is 41.4 Å². The summed E-state index contributed by atoms with van der Waals surface area (Å²) in [4.78, 5) is 28.0. The zero-order valence-electron chi connectivity index (χ0n) is 16.4. The number of alkyl halides is 6. The predicted molar refractivity (Wildman–Crippen MR) is 99.9 cm³/mol. The third-order valence-electron chi connectivity index (χ3n) is 4.54. The highest BCUT2D eigenvalue weighted by Crippen LogP contribution is 2.37. The lowest BCUT2D eigenvalue weighted by Crippen LogP contribution is -2.21. The molecule has 2 aromatic rings. The topological polar surface area (TPSA) is 88.0 Å². The predicted octanol–water partition coefficient (Wildman–Crippen LogP) is 4.10. The molecule has 13 heteroatoms. The molecule has 0 bridgehead atoms. The molecule has 2 heterocycles. The molecule has 3 rings (SSSR count). The van der Waals surface area contributed by atoms with Crippen molar-refractivity contribution in [1.29, 1.82) is 0 Å². The molecular weight excluding hydrogens is 452 g/mol. The van der Waals surface area contributed by atoms with Crippen LogP contribution in [0.15, 0.2) is 16.1 Å². The number of nitrogens with one attached hydrogen (secondary N) is 1. The quantitative estimate of drug-likeness (QED) is 0.398. The number of fused-ring (bicyclic) bond motifs is 1. The Labute approximate surface area is 176 Å². The van der Waals surface area contributed by atoms with Crippen LogP contribution in [-0.4, -0.2) is 31.8 Å². The largest absolute Gasteiger partial charge is 0.490 e. The van der Waals surface area contributed by atoms with Crippen molar-refractivity contribution in [2.75, 3.05) is 0 Å². The van der Waals surface area contributed by atoms with Gasteiger partial charge < -0.3 is 14.7 Å². The highest BCUT2D eigenvalue weighted by atomic mass is 32.2. The first-order valence-corrected chi connectivity index (χ1v) is 10.0. The molecule has 0 fully saturated rings. The van der Waals surface area contributed by atoms with Crippen LogP contribution in [0.3, 0.4) is 0 Å². The minimum Gasteiger partial charge on any atom is -0.475 e. The molecule has 0 amide bonds. The molecule has 31 heavy (non-hydrogen) atoms. The highest BCUT2D eigenvalue weighted by Gasteiger charge is 2.38. The van der Waals surface area contributed by atoms with Gasteiger partial charge >= 0.3 is 18.3 Å². The summed E-state index contributed by atoms with van der Waals surface area (Å²) in [5, 5.41) is 7.51. The molecule has 172 valence electrons. The number of carbonyl (C=O) groups is 1. The second-order valence-electron chi connectivity index (χ2n) is 6.69. The second-order valence-corrected chi connectivity index (χ2v) is 7.65. The van der Waals surface area contributed by atoms with Crippen molar-refractivity contribution in [2.45, 2.75) is 55.9 Å². The zero-order chi connectivity index (χ0) is 23.6. The monoisotopic (exact) mass is 471 g/mol. The van der Waals surface area contributed by atoms with E-state index in [1.54, 1.807) is 0 Å². The van der Waals surface area contributed by atoms with E-state index in [0.29, 0.717) is 22.7 Å². The second kappa shape index (κ2) is 9.37. The number of hydrogen-bond donors (Lipinski definition) is 2. The normalized spacial score (nSPS) is 13.5. The first-order valence-electron chi connectivity index (χ1n) is 9.04. The summed E-state index contributed by atoms with van der Waals surface area (Å²) in [5.41, 5.74) is 1.63. The lowest BCUT2D eigenvalue weighted by molar-refractivity contribution is -0.192. The van der Waals surface area contributed by atoms with Crippen molar-refractivity contribution in [3.63, 3.8) is 0 Å². The van der Waals surface area contributed by atoms with Gasteiger partial charge in [0.1, 0.15) is 5.69 Å². The number of H-pyrrole nitrogens is 1. The molecule has 0 aliphatic heterocycles. The Bertz CT molecular complexity index is 1010. The maximum Gasteiger partial charge on any atom is 0.490 e. The number of aromatic nitrogens is 3. The van der Waals surface area contributed by atoms with E-state index < -0.39 is 24.0 Å². The summed E-state index contributed by atoms with van der Waals surface area (Å²) in [6.45, 7) is 1.83. The fourth-order valence-electron chi connectivity index (χ4n) is 3.21. The van der Waals surface area contributed by atoms with E-state index in [1.807, 2.05) is 6.92 Å². The molecule has 6 nitrogen and oxygen atoms in total. The average Bonchev–Trinajstić information content (AvgIpc) is 3.23. The van der Waals surface area contributed by atoms with Gasteiger partial charge in [-0.1, -0.05) is 18.7 Å². The van der Waals surface area contributed by atoms with Gasteiger partial charge in [0.15, 0.2) is 5.16 Å². The third-order valence-corrected chi connectivity index (χ3v) is 5.44. The number of aryl methyl sites for hydroxylation is 3. The summed E-state index contributed by atoms with van der Waals surface area (Å²) >= 11 is 1.15. The lowest BCUT2D eigenvalue weighted by Gasteiger charge is -2.12. The van der Waals surface area contributed by atoms with Crippen LogP contribution in [0, 0.1) is 0 Å². The summed E-state index contributed by atoms with van der Waals surface area (Å²) in [6, 6.07) is 0. The molecule has 2 N–H and O–H groups in total. The number of halogens is 6. The van der Waals surface area contributed by atoms with E-state index in [2.05, 4.69) is 9.97 Å². The first kappa shape index (κ1) is 24.8. The maximum atomic E-state index is 13.3. The van der Waals surface area contributed by atoms with Gasteiger partial charge in [-0.3, -0.25) is 4.79 Å². The van der Waals surface area contributed by atoms with Crippen molar-refractivity contribution in [3.8, 4) is 0 Å². The van der Waals surface area contributed by atoms with Crippen LogP contribution in [0.5, 0.6) is 0 Å². The minimum absolute atomic E-state index is 0.126. The number of carboxylic acid groups (broad SMARTS) is 1. The van der Waals surface area contributed by atoms with Gasteiger partial charge in [-0.25, -0.2) is 9.78 Å². The van der Waals surface area contributed by atoms with Gasteiger partial charge in [-0.15, -0.1) is 0 Å². The lowest BCUT2D eigenvalue weighted by atomic mass is 10.1. The standard InChI is InChI=1S/C16H18F3N3OS.C2HF3O2/c1-3-9-7-22(2)13(16(17,18)19)11(9)8-24-15-20-12-6-4-5-10(12)14(23)21-15;3-2(4,5)1(6)7/h7H,3-6,8H2,1-2H3,(H,20,21,23);(H,6,7). The Morgan fingerprint density at radius 1 is 1.26 bits per heavy atom. The van der Waals surface area contributed by atoms with Crippen LogP contribution < -0.4 is 5.56 Å². The van der Waals surface area contributed by atoms with Crippen LogP contribution in [0.25, 0.3) is 0 Å². The summed E-state index contributed by atoms with van der Waals surface area (Å²) in [7, 11) is 1.41. The average molecular weight is 471 g/mol. The van der Waals surface area contributed by atoms with Crippen molar-refractivity contribution in [1.82, 2.24) is 14.5 Å². The smallest absolute Gasteiger partial charge is 0.475 e. The van der Waals surface area contributed by atoms with Crippen molar-refractivity contribution >= 4 is 17.7 Å². The number of carboxylic acids is 1. The fourth-order valence-corrected chi connectivity index (χ4v) is 4.15. The Kier molecular flexibility index (Phi) is 7.50. The Morgan fingerprint density at radius 3 is 2.39 bits per heavy atom. The highest BCUT2D eigenvalue weighted by molar-refractivity contribution is 7.98. The molecule has 0 saturated heterocycles. The van der Waals surface area contributed by atoms with Crippen molar-refractivity contribution < 1.29 is 36.2 Å². The van der Waals surface area contributed by atoms with Crippen molar-refractivity contribution in [3.05, 3.63) is 44.6 Å². The maximum absolute atomic E-state index is 13.3. The fraction of sp³-hybridized carbons (Fsp3) is 0.500. The molecule has 1 aliphatic carbocycles. The van der Waals surface area contributed by atoms with Gasteiger partial charge in [0, 0.05) is 24.6 Å². The Balaban J connectivity index is 0.000000423. The zero-order valence-corrected chi connectivity index (χ0v) is 17.3.